The minimum atomic E-state index is -2.84. The lowest BCUT2D eigenvalue weighted by molar-refractivity contribution is 0.585. The maximum atomic E-state index is 11.0. The molecule has 0 heterocycles. The maximum Gasteiger partial charge on any atom is 0.152 e. The molecule has 0 saturated heterocycles. The lowest BCUT2D eigenvalue weighted by Gasteiger charge is -2.05. The fraction of sp³-hybridized carbons (Fsp3) is 1.00. The third kappa shape index (κ3) is 3.17. The summed E-state index contributed by atoms with van der Waals surface area (Å²) in [4.78, 5) is 0. The van der Waals surface area contributed by atoms with Gasteiger partial charge in [0.15, 0.2) is 9.84 Å². The Bertz CT molecular complexity index is 172. The molecule has 0 spiro atoms. The Labute approximate surface area is 62.5 Å². The molecular weight excluding hydrogens is 150 g/mol. The normalized spacial score (nSPS) is 12.4. The van der Waals surface area contributed by atoms with E-state index in [4.69, 9.17) is 5.73 Å². The Hall–Kier alpha value is -0.0900. The number of hydrogen-bond donors (Lipinski definition) is 1. The molecule has 0 aliphatic carbocycles. The van der Waals surface area contributed by atoms with Crippen LogP contribution in [0.5, 0.6) is 0 Å². The fourth-order valence-electron chi connectivity index (χ4n) is 0.520. The van der Waals surface area contributed by atoms with E-state index in [0.717, 1.165) is 0 Å². The summed E-state index contributed by atoms with van der Waals surface area (Å²) < 4.78 is 22.1. The summed E-state index contributed by atoms with van der Waals surface area (Å²) in [6, 6.07) is 0. The van der Waals surface area contributed by atoms with Crippen molar-refractivity contribution in [3.63, 3.8) is 0 Å². The fourth-order valence-corrected chi connectivity index (χ4v) is 1.56. The average Bonchev–Trinajstić information content (AvgIpc) is 1.84. The van der Waals surface area contributed by atoms with Crippen LogP contribution in [-0.2, 0) is 9.84 Å². The molecule has 0 unspecified atom stereocenters. The highest BCUT2D eigenvalue weighted by molar-refractivity contribution is 7.91. The first-order chi connectivity index (χ1) is 4.50. The van der Waals surface area contributed by atoms with Crippen LogP contribution in [0.4, 0.5) is 0 Å². The summed E-state index contributed by atoms with van der Waals surface area (Å²) in [7, 11) is -2.84. The number of sulfone groups is 1. The van der Waals surface area contributed by atoms with Gasteiger partial charge in [-0.3, -0.25) is 0 Å². The van der Waals surface area contributed by atoms with Crippen LogP contribution in [0.2, 0.25) is 0 Å². The van der Waals surface area contributed by atoms with Gasteiger partial charge in [0.2, 0.25) is 0 Å². The maximum absolute atomic E-state index is 11.0. The van der Waals surface area contributed by atoms with Gasteiger partial charge < -0.3 is 5.73 Å². The van der Waals surface area contributed by atoms with Crippen LogP contribution < -0.4 is 5.73 Å². The molecule has 3 nitrogen and oxygen atoms in total. The minimum Gasteiger partial charge on any atom is -0.330 e. The van der Waals surface area contributed by atoms with Gasteiger partial charge in [-0.05, 0) is 26.8 Å². The van der Waals surface area contributed by atoms with E-state index < -0.39 is 9.84 Å². The molecule has 0 aliphatic rings. The molecule has 0 bridgehead atoms. The van der Waals surface area contributed by atoms with Crippen molar-refractivity contribution >= 4 is 9.84 Å². The molecule has 0 aliphatic heterocycles. The van der Waals surface area contributed by atoms with Gasteiger partial charge in [-0.15, -0.1) is 0 Å². The summed E-state index contributed by atoms with van der Waals surface area (Å²) >= 11 is 0. The molecule has 2 N–H and O–H groups in total. The Morgan fingerprint density at radius 2 is 1.90 bits per heavy atom. The summed E-state index contributed by atoms with van der Waals surface area (Å²) in [5.74, 6) is 0.223. The van der Waals surface area contributed by atoms with Gasteiger partial charge in [0, 0.05) is 0 Å². The van der Waals surface area contributed by atoms with Crippen LogP contribution >= 0.6 is 0 Å². The summed E-state index contributed by atoms with van der Waals surface area (Å²) in [5.41, 5.74) is 5.17. The van der Waals surface area contributed by atoms with Gasteiger partial charge in [0.1, 0.15) is 0 Å². The topological polar surface area (TPSA) is 60.2 Å². The van der Waals surface area contributed by atoms with Crippen LogP contribution in [0.1, 0.15) is 20.3 Å². The smallest absolute Gasteiger partial charge is 0.152 e. The third-order valence-electron chi connectivity index (χ3n) is 1.35. The van der Waals surface area contributed by atoms with E-state index >= 15 is 0 Å². The highest BCUT2D eigenvalue weighted by Crippen LogP contribution is 2.01. The van der Waals surface area contributed by atoms with Crippen molar-refractivity contribution in [3.8, 4) is 0 Å². The zero-order valence-corrected chi connectivity index (χ0v) is 7.32. The quantitative estimate of drug-likeness (QED) is 0.645. The molecule has 0 aromatic rings. The minimum absolute atomic E-state index is 0.223. The van der Waals surface area contributed by atoms with Crippen molar-refractivity contribution < 1.29 is 8.42 Å². The summed E-state index contributed by atoms with van der Waals surface area (Å²) in [6.45, 7) is 3.82. The average molecular weight is 165 g/mol. The third-order valence-corrected chi connectivity index (χ3v) is 3.65. The van der Waals surface area contributed by atoms with Crippen molar-refractivity contribution in [1.82, 2.24) is 0 Å². The Morgan fingerprint density at radius 1 is 1.40 bits per heavy atom. The molecule has 0 rings (SSSR count). The van der Waals surface area contributed by atoms with Crippen molar-refractivity contribution in [1.29, 1.82) is 0 Å². The van der Waals surface area contributed by atoms with Crippen LogP contribution in [0.25, 0.3) is 0 Å². The lowest BCUT2D eigenvalue weighted by Crippen LogP contribution is -2.19. The largest absolute Gasteiger partial charge is 0.330 e. The van der Waals surface area contributed by atoms with Crippen molar-refractivity contribution in [2.24, 2.45) is 5.73 Å². The van der Waals surface area contributed by atoms with Gasteiger partial charge >= 0.3 is 0 Å². The Morgan fingerprint density at radius 3 is 2.20 bits per heavy atom. The standard InChI is InChI=1S/C6H15NO2S/c1-6(2)10(8,9)5-3-4-7/h6H,3-5,7H2,1-2H3. The first-order valence-corrected chi connectivity index (χ1v) is 5.14. The molecule has 10 heavy (non-hydrogen) atoms. The summed E-state index contributed by atoms with van der Waals surface area (Å²) in [5, 5.41) is -0.265. The molecule has 62 valence electrons. The van der Waals surface area contributed by atoms with Gasteiger partial charge in [-0.1, -0.05) is 0 Å². The van der Waals surface area contributed by atoms with Crippen LogP contribution in [0.15, 0.2) is 0 Å². The number of hydrogen-bond acceptors (Lipinski definition) is 3. The zero-order chi connectivity index (χ0) is 8.20. The second-order valence-corrected chi connectivity index (χ2v) is 5.23. The predicted octanol–water partition coefficient (Wildman–Crippen LogP) is 0.158. The second-order valence-electron chi connectivity index (χ2n) is 2.56. The van der Waals surface area contributed by atoms with Gasteiger partial charge in [0.25, 0.3) is 0 Å². The van der Waals surface area contributed by atoms with Gasteiger partial charge in [0.05, 0.1) is 11.0 Å². The molecule has 0 saturated carbocycles. The Kier molecular flexibility index (Phi) is 3.89. The van der Waals surface area contributed by atoms with E-state index in [1.165, 1.54) is 0 Å². The number of nitrogens with two attached hydrogens (primary N) is 1. The molecule has 0 radical (unpaired) electrons. The Balaban J connectivity index is 3.90. The molecular formula is C6H15NO2S. The molecule has 0 amide bonds. The van der Waals surface area contributed by atoms with E-state index in [1.807, 2.05) is 0 Å². The van der Waals surface area contributed by atoms with Crippen molar-refractivity contribution in [2.45, 2.75) is 25.5 Å². The molecule has 4 heteroatoms. The van der Waals surface area contributed by atoms with Crippen LogP contribution in [0, 0.1) is 0 Å². The van der Waals surface area contributed by atoms with E-state index in [0.29, 0.717) is 13.0 Å². The van der Waals surface area contributed by atoms with Crippen LogP contribution in [0.3, 0.4) is 0 Å². The predicted molar refractivity (Wildman–Crippen MR) is 42.6 cm³/mol. The highest BCUT2D eigenvalue weighted by Gasteiger charge is 2.14. The molecule has 0 aromatic carbocycles. The molecule has 0 fully saturated rings. The molecule has 0 aromatic heterocycles. The van der Waals surface area contributed by atoms with Gasteiger partial charge in [-0.25, -0.2) is 8.42 Å². The SMILES string of the molecule is CC(C)S(=O)(=O)CCCN. The lowest BCUT2D eigenvalue weighted by atomic mass is 10.5. The van der Waals surface area contributed by atoms with E-state index in [-0.39, 0.29) is 11.0 Å². The second kappa shape index (κ2) is 3.93. The zero-order valence-electron chi connectivity index (χ0n) is 6.50. The van der Waals surface area contributed by atoms with E-state index in [9.17, 15) is 8.42 Å². The first kappa shape index (κ1) is 9.91. The van der Waals surface area contributed by atoms with E-state index in [1.54, 1.807) is 13.8 Å². The van der Waals surface area contributed by atoms with Crippen LogP contribution in [-0.4, -0.2) is 26.0 Å². The summed E-state index contributed by atoms with van der Waals surface area (Å²) in [6.07, 6.45) is 0.570. The first-order valence-electron chi connectivity index (χ1n) is 3.42. The van der Waals surface area contributed by atoms with E-state index in [2.05, 4.69) is 0 Å². The highest BCUT2D eigenvalue weighted by atomic mass is 32.2. The van der Waals surface area contributed by atoms with Crippen molar-refractivity contribution in [3.05, 3.63) is 0 Å². The van der Waals surface area contributed by atoms with Crippen molar-refractivity contribution in [2.75, 3.05) is 12.3 Å². The number of rotatable bonds is 4. The molecule has 0 atom stereocenters. The monoisotopic (exact) mass is 165 g/mol. The van der Waals surface area contributed by atoms with Gasteiger partial charge in [-0.2, -0.15) is 0 Å².